The quantitative estimate of drug-likeness (QED) is 0.868. The lowest BCUT2D eigenvalue weighted by Crippen LogP contribution is -2.12. The van der Waals surface area contributed by atoms with Crippen LogP contribution >= 0.6 is 12.4 Å². The SMILES string of the molecule is Cl.NC(=O)CCC(O)c1nc2ccccc2o1. The van der Waals surface area contributed by atoms with E-state index in [9.17, 15) is 9.90 Å². The molecule has 1 heterocycles. The number of nitrogens with zero attached hydrogens (tertiary/aromatic N) is 1. The molecule has 17 heavy (non-hydrogen) atoms. The Morgan fingerprint density at radius 1 is 1.47 bits per heavy atom. The maximum Gasteiger partial charge on any atom is 0.224 e. The number of aliphatic hydroxyl groups excluding tert-OH is 1. The summed E-state index contributed by atoms with van der Waals surface area (Å²) in [5, 5.41) is 9.71. The first-order chi connectivity index (χ1) is 7.66. The fourth-order valence-corrected chi connectivity index (χ4v) is 1.44. The van der Waals surface area contributed by atoms with Gasteiger partial charge in [-0.2, -0.15) is 0 Å². The molecule has 5 nitrogen and oxygen atoms in total. The second kappa shape index (κ2) is 5.65. The molecular formula is C11H13ClN2O3. The van der Waals surface area contributed by atoms with Gasteiger partial charge in [0, 0.05) is 6.42 Å². The summed E-state index contributed by atoms with van der Waals surface area (Å²) >= 11 is 0. The Bertz CT molecular complexity index is 479. The first kappa shape index (κ1) is 13.5. The molecule has 0 saturated carbocycles. The van der Waals surface area contributed by atoms with Crippen LogP contribution < -0.4 is 5.73 Å². The predicted octanol–water partition coefficient (Wildman–Crippen LogP) is 1.55. The number of rotatable bonds is 4. The summed E-state index contributed by atoms with van der Waals surface area (Å²) in [6.07, 6.45) is -0.554. The molecule has 0 spiro atoms. The van der Waals surface area contributed by atoms with Crippen LogP contribution in [0.15, 0.2) is 28.7 Å². The van der Waals surface area contributed by atoms with Crippen molar-refractivity contribution in [3.8, 4) is 0 Å². The molecule has 2 rings (SSSR count). The zero-order valence-corrected chi connectivity index (χ0v) is 9.81. The summed E-state index contributed by atoms with van der Waals surface area (Å²) in [6, 6.07) is 7.23. The van der Waals surface area contributed by atoms with E-state index >= 15 is 0 Å². The highest BCUT2D eigenvalue weighted by molar-refractivity contribution is 5.85. The Morgan fingerprint density at radius 3 is 2.82 bits per heavy atom. The van der Waals surface area contributed by atoms with Crippen LogP contribution in [0.3, 0.4) is 0 Å². The zero-order valence-electron chi connectivity index (χ0n) is 9.00. The van der Waals surface area contributed by atoms with Crippen LogP contribution in [-0.2, 0) is 4.79 Å². The van der Waals surface area contributed by atoms with Crippen molar-refractivity contribution < 1.29 is 14.3 Å². The third-order valence-corrected chi connectivity index (χ3v) is 2.26. The fourth-order valence-electron chi connectivity index (χ4n) is 1.44. The van der Waals surface area contributed by atoms with Crippen molar-refractivity contribution in [2.75, 3.05) is 0 Å². The maximum absolute atomic E-state index is 10.6. The van der Waals surface area contributed by atoms with Crippen LogP contribution in [-0.4, -0.2) is 16.0 Å². The van der Waals surface area contributed by atoms with E-state index in [1.807, 2.05) is 12.1 Å². The minimum absolute atomic E-state index is 0. The van der Waals surface area contributed by atoms with E-state index in [4.69, 9.17) is 10.2 Å². The Morgan fingerprint density at radius 2 is 2.18 bits per heavy atom. The van der Waals surface area contributed by atoms with Crippen LogP contribution in [0.1, 0.15) is 24.8 Å². The van der Waals surface area contributed by atoms with Gasteiger partial charge in [-0.15, -0.1) is 12.4 Å². The number of amides is 1. The summed E-state index contributed by atoms with van der Waals surface area (Å²) in [6.45, 7) is 0. The average molecular weight is 257 g/mol. The average Bonchev–Trinajstić information content (AvgIpc) is 2.69. The summed E-state index contributed by atoms with van der Waals surface area (Å²) in [7, 11) is 0. The molecule has 0 aliphatic heterocycles. The fraction of sp³-hybridized carbons (Fsp3) is 0.273. The topological polar surface area (TPSA) is 89.4 Å². The van der Waals surface area contributed by atoms with Crippen molar-refractivity contribution in [2.45, 2.75) is 18.9 Å². The summed E-state index contributed by atoms with van der Waals surface area (Å²) in [4.78, 5) is 14.7. The molecule has 92 valence electrons. The van der Waals surface area contributed by atoms with E-state index in [1.165, 1.54) is 0 Å². The Labute approximate surface area is 104 Å². The molecule has 1 amide bonds. The maximum atomic E-state index is 10.6. The van der Waals surface area contributed by atoms with Crippen molar-refractivity contribution in [1.82, 2.24) is 4.98 Å². The van der Waals surface area contributed by atoms with Crippen molar-refractivity contribution in [3.63, 3.8) is 0 Å². The number of carbonyl (C=O) groups is 1. The molecule has 0 saturated heterocycles. The van der Waals surface area contributed by atoms with Crippen LogP contribution in [0, 0.1) is 0 Å². The monoisotopic (exact) mass is 256 g/mol. The molecule has 2 aromatic rings. The molecule has 0 fully saturated rings. The van der Waals surface area contributed by atoms with Gasteiger partial charge in [-0.25, -0.2) is 4.98 Å². The number of carbonyl (C=O) groups excluding carboxylic acids is 1. The number of halogens is 1. The molecule has 6 heteroatoms. The number of para-hydroxylation sites is 2. The number of fused-ring (bicyclic) bond motifs is 1. The predicted molar refractivity (Wildman–Crippen MR) is 64.6 cm³/mol. The van der Waals surface area contributed by atoms with Gasteiger partial charge in [0.05, 0.1) is 0 Å². The number of nitrogens with two attached hydrogens (primary N) is 1. The number of benzene rings is 1. The van der Waals surface area contributed by atoms with E-state index in [-0.39, 0.29) is 31.1 Å². The zero-order chi connectivity index (χ0) is 11.5. The number of aliphatic hydroxyl groups is 1. The van der Waals surface area contributed by atoms with Gasteiger partial charge in [0.25, 0.3) is 0 Å². The van der Waals surface area contributed by atoms with Crippen LogP contribution in [0.2, 0.25) is 0 Å². The van der Waals surface area contributed by atoms with Gasteiger partial charge in [-0.1, -0.05) is 12.1 Å². The molecule has 0 bridgehead atoms. The largest absolute Gasteiger partial charge is 0.438 e. The number of hydrogen-bond donors (Lipinski definition) is 2. The number of hydrogen-bond acceptors (Lipinski definition) is 4. The van der Waals surface area contributed by atoms with Crippen molar-refractivity contribution in [2.24, 2.45) is 5.73 Å². The number of oxazole rings is 1. The minimum atomic E-state index is -0.889. The first-order valence-electron chi connectivity index (χ1n) is 4.98. The van der Waals surface area contributed by atoms with Gasteiger partial charge in [0.1, 0.15) is 11.6 Å². The highest BCUT2D eigenvalue weighted by atomic mass is 35.5. The van der Waals surface area contributed by atoms with E-state index < -0.39 is 12.0 Å². The summed E-state index contributed by atoms with van der Waals surface area (Å²) in [5.41, 5.74) is 6.30. The van der Waals surface area contributed by atoms with Gasteiger partial charge in [-0.3, -0.25) is 4.79 Å². The standard InChI is InChI=1S/C11H12N2O3.ClH/c12-10(15)6-5-8(14)11-13-7-3-1-2-4-9(7)16-11;/h1-4,8,14H,5-6H2,(H2,12,15);1H. The highest BCUT2D eigenvalue weighted by Crippen LogP contribution is 2.22. The molecule has 1 atom stereocenters. The van der Waals surface area contributed by atoms with Gasteiger partial charge in [-0.05, 0) is 18.6 Å². The Hall–Kier alpha value is -1.59. The van der Waals surface area contributed by atoms with Crippen molar-refractivity contribution >= 4 is 29.4 Å². The third-order valence-electron chi connectivity index (χ3n) is 2.26. The molecule has 0 radical (unpaired) electrons. The van der Waals surface area contributed by atoms with Gasteiger partial charge < -0.3 is 15.3 Å². The summed E-state index contributed by atoms with van der Waals surface area (Å²) < 4.78 is 5.35. The van der Waals surface area contributed by atoms with Gasteiger partial charge in [0.2, 0.25) is 11.8 Å². The smallest absolute Gasteiger partial charge is 0.224 e. The molecule has 1 aromatic heterocycles. The lowest BCUT2D eigenvalue weighted by molar-refractivity contribution is -0.118. The minimum Gasteiger partial charge on any atom is -0.438 e. The van der Waals surface area contributed by atoms with Gasteiger partial charge in [0.15, 0.2) is 5.58 Å². The van der Waals surface area contributed by atoms with E-state index in [0.717, 1.165) is 0 Å². The molecule has 1 unspecified atom stereocenters. The second-order valence-corrected chi connectivity index (χ2v) is 3.54. The third kappa shape index (κ3) is 3.18. The van der Waals surface area contributed by atoms with Gasteiger partial charge >= 0.3 is 0 Å². The normalized spacial score (nSPS) is 12.1. The van der Waals surface area contributed by atoms with E-state index in [2.05, 4.69) is 4.98 Å². The molecule has 0 aliphatic carbocycles. The Kier molecular flexibility index (Phi) is 4.48. The second-order valence-electron chi connectivity index (χ2n) is 3.54. The summed E-state index contributed by atoms with van der Waals surface area (Å²) in [5.74, 6) is -0.224. The molecular weight excluding hydrogens is 244 g/mol. The lowest BCUT2D eigenvalue weighted by atomic mass is 10.2. The van der Waals surface area contributed by atoms with Crippen LogP contribution in [0.5, 0.6) is 0 Å². The van der Waals surface area contributed by atoms with Crippen LogP contribution in [0.25, 0.3) is 11.1 Å². The highest BCUT2D eigenvalue weighted by Gasteiger charge is 2.15. The number of primary amides is 1. The lowest BCUT2D eigenvalue weighted by Gasteiger charge is -2.03. The van der Waals surface area contributed by atoms with Crippen LogP contribution in [0.4, 0.5) is 0 Å². The van der Waals surface area contributed by atoms with Crippen molar-refractivity contribution in [3.05, 3.63) is 30.2 Å². The molecule has 1 aromatic carbocycles. The van der Waals surface area contributed by atoms with Crippen molar-refractivity contribution in [1.29, 1.82) is 0 Å². The Balaban J connectivity index is 0.00000144. The van der Waals surface area contributed by atoms with E-state index in [1.54, 1.807) is 12.1 Å². The molecule has 0 aliphatic rings. The van der Waals surface area contributed by atoms with E-state index in [0.29, 0.717) is 11.1 Å². The molecule has 3 N–H and O–H groups in total. The first-order valence-corrected chi connectivity index (χ1v) is 4.98. The number of aromatic nitrogens is 1.